The number of rotatable bonds is 1. The first kappa shape index (κ1) is 18.7. The molecule has 2 unspecified atom stereocenters. The third-order valence-corrected chi connectivity index (χ3v) is 6.65. The van der Waals surface area contributed by atoms with Gasteiger partial charge in [0.15, 0.2) is 0 Å². The second-order valence-corrected chi connectivity index (χ2v) is 8.78. The predicted molar refractivity (Wildman–Crippen MR) is 116 cm³/mol. The molecule has 2 aromatic heterocycles. The summed E-state index contributed by atoms with van der Waals surface area (Å²) in [6, 6.07) is 8.59. The van der Waals surface area contributed by atoms with Crippen LogP contribution >= 0.6 is 15.9 Å². The fourth-order valence-electron chi connectivity index (χ4n) is 4.77. The Bertz CT molecular complexity index is 1390. The zero-order valence-electron chi connectivity index (χ0n) is 16.3. The first-order valence-corrected chi connectivity index (χ1v) is 10.7. The van der Waals surface area contributed by atoms with Gasteiger partial charge in [-0.2, -0.15) is 0 Å². The highest BCUT2D eigenvalue weighted by molar-refractivity contribution is 9.10. The molecule has 9 heteroatoms. The Hall–Kier alpha value is -3.04. The Kier molecular flexibility index (Phi) is 4.06. The summed E-state index contributed by atoms with van der Waals surface area (Å²) >= 11 is 3.51. The highest BCUT2D eigenvalue weighted by atomic mass is 79.9. The summed E-state index contributed by atoms with van der Waals surface area (Å²) in [6.07, 6.45) is 3.76. The summed E-state index contributed by atoms with van der Waals surface area (Å²) in [7, 11) is 0. The van der Waals surface area contributed by atoms with Gasteiger partial charge in [0.05, 0.1) is 47.9 Å². The molecule has 6 rings (SSSR count). The molecule has 0 saturated carbocycles. The van der Waals surface area contributed by atoms with Crippen molar-refractivity contribution >= 4 is 44.2 Å². The number of carbonyl (C=O) groups excluding carboxylic acids is 1. The van der Waals surface area contributed by atoms with Crippen LogP contribution in [-0.2, 0) is 11.2 Å². The van der Waals surface area contributed by atoms with Gasteiger partial charge in [-0.3, -0.25) is 9.20 Å². The second-order valence-electron chi connectivity index (χ2n) is 7.87. The maximum absolute atomic E-state index is 15.1. The van der Waals surface area contributed by atoms with Gasteiger partial charge >= 0.3 is 0 Å². The minimum absolute atomic E-state index is 0.000262. The number of hydrogen-bond acceptors (Lipinski definition) is 5. The van der Waals surface area contributed by atoms with E-state index in [1.165, 1.54) is 12.1 Å². The maximum atomic E-state index is 15.1. The summed E-state index contributed by atoms with van der Waals surface area (Å²) in [5, 5.41) is 0. The van der Waals surface area contributed by atoms with E-state index in [0.29, 0.717) is 29.7 Å². The SMILES string of the molecule is Nc1nc2cc(F)c(C(=O)N3CCOC4Cc5cc(Br)ccc5C43)cc2n2cncc12. The molecule has 1 aliphatic heterocycles. The van der Waals surface area contributed by atoms with Gasteiger partial charge in [0.2, 0.25) is 0 Å². The molecule has 156 valence electrons. The van der Waals surface area contributed by atoms with Crippen molar-refractivity contribution < 1.29 is 13.9 Å². The molecule has 31 heavy (non-hydrogen) atoms. The zero-order valence-corrected chi connectivity index (χ0v) is 17.8. The number of benzene rings is 2. The minimum Gasteiger partial charge on any atom is -0.382 e. The number of morpholine rings is 1. The molecule has 2 N–H and O–H groups in total. The molecule has 0 radical (unpaired) electrons. The van der Waals surface area contributed by atoms with Gasteiger partial charge in [-0.05, 0) is 29.3 Å². The fourth-order valence-corrected chi connectivity index (χ4v) is 5.18. The van der Waals surface area contributed by atoms with E-state index in [0.717, 1.165) is 22.0 Å². The van der Waals surface area contributed by atoms with Crippen molar-refractivity contribution in [3.63, 3.8) is 0 Å². The number of nitrogens with zero attached hydrogens (tertiary/aromatic N) is 4. The summed E-state index contributed by atoms with van der Waals surface area (Å²) < 4.78 is 23.8. The van der Waals surface area contributed by atoms with Crippen molar-refractivity contribution in [2.45, 2.75) is 18.6 Å². The van der Waals surface area contributed by atoms with Crippen LogP contribution < -0.4 is 5.73 Å². The predicted octanol–water partition coefficient (Wildman–Crippen LogP) is 3.50. The summed E-state index contributed by atoms with van der Waals surface area (Å²) in [5.41, 5.74) is 9.71. The highest BCUT2D eigenvalue weighted by Gasteiger charge is 2.42. The van der Waals surface area contributed by atoms with E-state index in [1.807, 2.05) is 12.1 Å². The number of imidazole rings is 1. The standard InChI is InChI=1S/C22H17BrFN5O2/c23-12-1-2-13-11(5-12)6-19-20(13)28(3-4-31-19)22(30)14-7-17-16(8-15(14)24)27-21(25)18-9-26-10-29(17)18/h1-2,5,7-10,19-20H,3-4,6H2,(H2,25,27). The van der Waals surface area contributed by atoms with E-state index in [4.69, 9.17) is 10.5 Å². The van der Waals surface area contributed by atoms with Crippen molar-refractivity contribution in [3.8, 4) is 0 Å². The molecule has 1 fully saturated rings. The van der Waals surface area contributed by atoms with Gasteiger partial charge in [0.25, 0.3) is 5.91 Å². The number of aromatic nitrogens is 3. The third kappa shape index (κ3) is 2.76. The Morgan fingerprint density at radius 1 is 1.26 bits per heavy atom. The lowest BCUT2D eigenvalue weighted by atomic mass is 10.0. The number of nitrogens with two attached hydrogens (primary N) is 1. The van der Waals surface area contributed by atoms with Gasteiger partial charge in [-0.1, -0.05) is 22.0 Å². The van der Waals surface area contributed by atoms with Gasteiger partial charge in [0.1, 0.15) is 17.2 Å². The molecular formula is C22H17BrFN5O2. The van der Waals surface area contributed by atoms with E-state index in [2.05, 4.69) is 32.0 Å². The molecule has 2 aliphatic rings. The van der Waals surface area contributed by atoms with E-state index in [1.54, 1.807) is 21.8 Å². The highest BCUT2D eigenvalue weighted by Crippen LogP contribution is 2.41. The molecule has 1 saturated heterocycles. The van der Waals surface area contributed by atoms with Crippen LogP contribution in [0.2, 0.25) is 0 Å². The monoisotopic (exact) mass is 481 g/mol. The number of anilines is 1. The van der Waals surface area contributed by atoms with E-state index in [9.17, 15) is 4.79 Å². The van der Waals surface area contributed by atoms with Crippen molar-refractivity contribution in [2.75, 3.05) is 18.9 Å². The van der Waals surface area contributed by atoms with Crippen LogP contribution in [0.3, 0.4) is 0 Å². The van der Waals surface area contributed by atoms with Crippen molar-refractivity contribution in [1.82, 2.24) is 19.3 Å². The summed E-state index contributed by atoms with van der Waals surface area (Å²) in [6.45, 7) is 0.814. The van der Waals surface area contributed by atoms with Crippen LogP contribution in [-0.4, -0.2) is 44.4 Å². The van der Waals surface area contributed by atoms with Crippen LogP contribution in [0.15, 0.2) is 47.3 Å². The number of ether oxygens (including phenoxy) is 1. The summed E-state index contributed by atoms with van der Waals surface area (Å²) in [4.78, 5) is 23.7. The number of nitrogen functional groups attached to an aromatic ring is 1. The van der Waals surface area contributed by atoms with E-state index < -0.39 is 5.82 Å². The number of fused-ring (bicyclic) bond motifs is 6. The number of carbonyl (C=O) groups is 1. The van der Waals surface area contributed by atoms with Gasteiger partial charge < -0.3 is 15.4 Å². The third-order valence-electron chi connectivity index (χ3n) is 6.15. The Morgan fingerprint density at radius 2 is 2.13 bits per heavy atom. The van der Waals surface area contributed by atoms with Gasteiger partial charge in [-0.25, -0.2) is 14.4 Å². The maximum Gasteiger partial charge on any atom is 0.257 e. The van der Waals surface area contributed by atoms with Crippen LogP contribution in [0, 0.1) is 5.82 Å². The van der Waals surface area contributed by atoms with E-state index in [-0.39, 0.29) is 29.4 Å². The topological polar surface area (TPSA) is 85.8 Å². The minimum atomic E-state index is -0.624. The summed E-state index contributed by atoms with van der Waals surface area (Å²) in [5.74, 6) is -0.729. The molecule has 3 heterocycles. The molecule has 2 aromatic carbocycles. The van der Waals surface area contributed by atoms with Crippen molar-refractivity contribution in [3.05, 3.63) is 69.8 Å². The van der Waals surface area contributed by atoms with E-state index >= 15 is 4.39 Å². The zero-order chi connectivity index (χ0) is 21.3. The average Bonchev–Trinajstić information content (AvgIpc) is 3.37. The average molecular weight is 482 g/mol. The lowest BCUT2D eigenvalue weighted by Crippen LogP contribution is -2.46. The van der Waals surface area contributed by atoms with Crippen molar-refractivity contribution in [2.24, 2.45) is 0 Å². The molecule has 4 aromatic rings. The molecule has 7 nitrogen and oxygen atoms in total. The smallest absolute Gasteiger partial charge is 0.257 e. The lowest BCUT2D eigenvalue weighted by molar-refractivity contribution is -0.0517. The lowest BCUT2D eigenvalue weighted by Gasteiger charge is -2.38. The fraction of sp³-hybridized carbons (Fsp3) is 0.227. The van der Waals surface area contributed by atoms with Crippen LogP contribution in [0.25, 0.3) is 16.6 Å². The van der Waals surface area contributed by atoms with Crippen LogP contribution in [0.4, 0.5) is 10.2 Å². The van der Waals surface area contributed by atoms with Crippen LogP contribution in [0.1, 0.15) is 27.5 Å². The number of amides is 1. The number of halogens is 2. The second kappa shape index (κ2) is 6.73. The van der Waals surface area contributed by atoms with Crippen LogP contribution in [0.5, 0.6) is 0 Å². The molecule has 0 bridgehead atoms. The Labute approximate surface area is 184 Å². The molecular weight excluding hydrogens is 465 g/mol. The molecule has 1 aliphatic carbocycles. The number of hydrogen-bond donors (Lipinski definition) is 1. The first-order valence-electron chi connectivity index (χ1n) is 9.93. The quantitative estimate of drug-likeness (QED) is 0.449. The largest absolute Gasteiger partial charge is 0.382 e. The van der Waals surface area contributed by atoms with Gasteiger partial charge in [-0.15, -0.1) is 0 Å². The first-order chi connectivity index (χ1) is 15.0. The molecule has 1 amide bonds. The normalized spacial score (nSPS) is 20.3. The van der Waals surface area contributed by atoms with Crippen molar-refractivity contribution in [1.29, 1.82) is 0 Å². The molecule has 2 atom stereocenters. The van der Waals surface area contributed by atoms with Gasteiger partial charge in [0, 0.05) is 23.5 Å². The Morgan fingerprint density at radius 3 is 3.00 bits per heavy atom. The Balaban J connectivity index is 1.47. The molecule has 0 spiro atoms.